The van der Waals surface area contributed by atoms with Crippen molar-refractivity contribution in [3.05, 3.63) is 65.7 Å². The van der Waals surface area contributed by atoms with Crippen LogP contribution in [0.1, 0.15) is 82.8 Å². The van der Waals surface area contributed by atoms with Gasteiger partial charge in [-0.25, -0.2) is 4.79 Å². The van der Waals surface area contributed by atoms with E-state index in [9.17, 15) is 19.5 Å². The molecule has 2 amide bonds. The minimum absolute atomic E-state index is 0.0822. The number of rotatable bonds is 11. The van der Waals surface area contributed by atoms with Gasteiger partial charge in [0.2, 0.25) is 5.91 Å². The largest absolute Gasteiger partial charge is 0.491 e. The summed E-state index contributed by atoms with van der Waals surface area (Å²) in [5.41, 5.74) is 1.98. The zero-order valence-electron chi connectivity index (χ0n) is 24.5. The molecule has 2 N–H and O–H groups in total. The number of ether oxygens (including phenoxy) is 2. The van der Waals surface area contributed by atoms with E-state index in [1.54, 1.807) is 0 Å². The van der Waals surface area contributed by atoms with Crippen LogP contribution >= 0.6 is 0 Å². The monoisotopic (exact) mass is 564 g/mol. The molecule has 1 saturated heterocycles. The molecule has 0 unspecified atom stereocenters. The van der Waals surface area contributed by atoms with E-state index in [1.165, 1.54) is 11.1 Å². The number of carbonyl (C=O) groups is 3. The van der Waals surface area contributed by atoms with Gasteiger partial charge < -0.3 is 24.8 Å². The van der Waals surface area contributed by atoms with E-state index >= 15 is 0 Å². The van der Waals surface area contributed by atoms with Gasteiger partial charge in [-0.15, -0.1) is 0 Å². The highest BCUT2D eigenvalue weighted by molar-refractivity contribution is 5.85. The number of carboxylic acids is 1. The van der Waals surface area contributed by atoms with E-state index < -0.39 is 17.5 Å². The van der Waals surface area contributed by atoms with Crippen LogP contribution in [0, 0.1) is 5.92 Å². The van der Waals surface area contributed by atoms with Gasteiger partial charge in [-0.05, 0) is 94.9 Å². The second-order valence-electron chi connectivity index (χ2n) is 12.4. The van der Waals surface area contributed by atoms with Crippen LogP contribution < -0.4 is 10.1 Å². The maximum Gasteiger partial charge on any atom is 0.407 e. The highest BCUT2D eigenvalue weighted by Crippen LogP contribution is 2.34. The lowest BCUT2D eigenvalue weighted by Crippen LogP contribution is -2.40. The molecule has 2 aromatic carbocycles. The van der Waals surface area contributed by atoms with Crippen molar-refractivity contribution in [1.82, 2.24) is 10.2 Å². The molecule has 8 heteroatoms. The van der Waals surface area contributed by atoms with Crippen LogP contribution in [0.15, 0.2) is 54.6 Å². The number of likely N-dealkylation sites (tertiary alicyclic amines) is 1. The summed E-state index contributed by atoms with van der Waals surface area (Å²) in [5.74, 6) is -0.349. The molecule has 2 aliphatic rings. The molecule has 1 aliphatic heterocycles. The predicted octanol–water partition coefficient (Wildman–Crippen LogP) is 5.94. The van der Waals surface area contributed by atoms with E-state index in [0.29, 0.717) is 25.5 Å². The third-order valence-electron chi connectivity index (χ3n) is 8.00. The lowest BCUT2D eigenvalue weighted by molar-refractivity contribution is -0.142. The maximum absolute atomic E-state index is 13.0. The SMILES string of the molecule is CC(C)(C)OC(=O)NC1CCC(c2ccc(OC[C@@H]3C[C@@H](CC(=O)O)C(=O)N3CCCc3ccccc3)cc2)CC1. The fourth-order valence-corrected chi connectivity index (χ4v) is 5.98. The van der Waals surface area contributed by atoms with Crippen molar-refractivity contribution in [2.75, 3.05) is 13.2 Å². The second-order valence-corrected chi connectivity index (χ2v) is 12.4. The van der Waals surface area contributed by atoms with Crippen molar-refractivity contribution >= 4 is 18.0 Å². The molecule has 8 nitrogen and oxygen atoms in total. The molecular weight excluding hydrogens is 520 g/mol. The van der Waals surface area contributed by atoms with E-state index in [2.05, 4.69) is 29.6 Å². The van der Waals surface area contributed by atoms with Crippen molar-refractivity contribution in [3.8, 4) is 5.75 Å². The predicted molar refractivity (Wildman–Crippen MR) is 157 cm³/mol. The Bertz CT molecular complexity index is 1150. The fourth-order valence-electron chi connectivity index (χ4n) is 5.98. The summed E-state index contributed by atoms with van der Waals surface area (Å²) in [6, 6.07) is 18.3. The number of aliphatic carboxylic acids is 1. The first-order valence-electron chi connectivity index (χ1n) is 14.9. The van der Waals surface area contributed by atoms with Crippen molar-refractivity contribution < 1.29 is 29.0 Å². The number of carboxylic acid groups (broad SMARTS) is 1. The quantitative estimate of drug-likeness (QED) is 0.350. The summed E-state index contributed by atoms with van der Waals surface area (Å²) in [4.78, 5) is 38.3. The van der Waals surface area contributed by atoms with E-state index in [4.69, 9.17) is 9.47 Å². The lowest BCUT2D eigenvalue weighted by Gasteiger charge is -2.30. The molecule has 2 atom stereocenters. The normalized spacial score (nSPS) is 22.8. The number of amides is 2. The Labute approximate surface area is 243 Å². The summed E-state index contributed by atoms with van der Waals surface area (Å²) in [6.45, 7) is 6.52. The summed E-state index contributed by atoms with van der Waals surface area (Å²) in [7, 11) is 0. The third kappa shape index (κ3) is 9.23. The van der Waals surface area contributed by atoms with Crippen LogP contribution in [0.2, 0.25) is 0 Å². The number of benzene rings is 2. The van der Waals surface area contributed by atoms with E-state index in [1.807, 2.05) is 56.0 Å². The number of carbonyl (C=O) groups excluding carboxylic acids is 2. The molecule has 1 saturated carbocycles. The van der Waals surface area contributed by atoms with Gasteiger partial charge in [0.15, 0.2) is 0 Å². The molecule has 0 aromatic heterocycles. The van der Waals surface area contributed by atoms with Gasteiger partial charge in [0.1, 0.15) is 18.0 Å². The molecule has 2 fully saturated rings. The Morgan fingerprint density at radius 2 is 1.68 bits per heavy atom. The van der Waals surface area contributed by atoms with Crippen molar-refractivity contribution in [2.45, 2.75) is 95.7 Å². The smallest absolute Gasteiger partial charge is 0.407 e. The zero-order valence-corrected chi connectivity index (χ0v) is 24.5. The third-order valence-corrected chi connectivity index (χ3v) is 8.00. The van der Waals surface area contributed by atoms with E-state index in [0.717, 1.165) is 44.3 Å². The Hall–Kier alpha value is -3.55. The van der Waals surface area contributed by atoms with Gasteiger partial charge in [-0.2, -0.15) is 0 Å². The highest BCUT2D eigenvalue weighted by atomic mass is 16.6. The topological polar surface area (TPSA) is 105 Å². The molecule has 41 heavy (non-hydrogen) atoms. The number of nitrogens with zero attached hydrogens (tertiary/aromatic N) is 1. The summed E-state index contributed by atoms with van der Waals surface area (Å²) in [5, 5.41) is 12.3. The molecular formula is C33H44N2O6. The molecule has 0 bridgehead atoms. The molecule has 0 spiro atoms. The molecule has 1 aliphatic carbocycles. The number of alkyl carbamates (subject to hydrolysis) is 1. The molecule has 1 heterocycles. The van der Waals surface area contributed by atoms with E-state index in [-0.39, 0.29) is 30.5 Å². The average molecular weight is 565 g/mol. The number of hydrogen-bond acceptors (Lipinski definition) is 5. The van der Waals surface area contributed by atoms with Crippen molar-refractivity contribution in [2.24, 2.45) is 5.92 Å². The molecule has 0 radical (unpaired) electrons. The van der Waals surface area contributed by atoms with Gasteiger partial charge >= 0.3 is 12.1 Å². The minimum atomic E-state index is -0.945. The highest BCUT2D eigenvalue weighted by Gasteiger charge is 2.40. The first kappa shape index (κ1) is 30.4. The Morgan fingerprint density at radius 1 is 1.00 bits per heavy atom. The van der Waals surface area contributed by atoms with Gasteiger partial charge in [0.25, 0.3) is 0 Å². The first-order valence-corrected chi connectivity index (χ1v) is 14.9. The number of aryl methyl sites for hydroxylation is 1. The van der Waals surface area contributed by atoms with Crippen LogP contribution in [0.25, 0.3) is 0 Å². The van der Waals surface area contributed by atoms with Crippen molar-refractivity contribution in [3.63, 3.8) is 0 Å². The van der Waals surface area contributed by atoms with Gasteiger partial charge in [-0.3, -0.25) is 9.59 Å². The Morgan fingerprint density at radius 3 is 2.32 bits per heavy atom. The molecule has 222 valence electrons. The summed E-state index contributed by atoms with van der Waals surface area (Å²) >= 11 is 0. The number of nitrogens with one attached hydrogen (secondary N) is 1. The average Bonchev–Trinajstić information content (AvgIpc) is 3.21. The van der Waals surface area contributed by atoms with Crippen LogP contribution in [-0.4, -0.2) is 58.8 Å². The fraction of sp³-hybridized carbons (Fsp3) is 0.545. The second kappa shape index (κ2) is 13.9. The number of hydrogen-bond donors (Lipinski definition) is 2. The van der Waals surface area contributed by atoms with Gasteiger partial charge in [0, 0.05) is 12.6 Å². The lowest BCUT2D eigenvalue weighted by atomic mass is 9.82. The van der Waals surface area contributed by atoms with Crippen LogP contribution in [0.3, 0.4) is 0 Å². The Kier molecular flexibility index (Phi) is 10.3. The van der Waals surface area contributed by atoms with Crippen LogP contribution in [-0.2, 0) is 20.7 Å². The molecule has 2 aromatic rings. The van der Waals surface area contributed by atoms with Crippen molar-refractivity contribution in [1.29, 1.82) is 0 Å². The summed E-state index contributed by atoms with van der Waals surface area (Å²) in [6.07, 6.45) is 5.49. The van der Waals surface area contributed by atoms with Crippen LogP contribution in [0.5, 0.6) is 5.75 Å². The Balaban J connectivity index is 1.27. The van der Waals surface area contributed by atoms with Gasteiger partial charge in [-0.1, -0.05) is 42.5 Å². The molecule has 4 rings (SSSR count). The zero-order chi connectivity index (χ0) is 29.4. The van der Waals surface area contributed by atoms with Gasteiger partial charge in [0.05, 0.1) is 18.4 Å². The first-order chi connectivity index (χ1) is 19.6. The summed E-state index contributed by atoms with van der Waals surface area (Å²) < 4.78 is 11.5. The standard InChI is InChI=1S/C33H44N2O6/c1-33(2,3)41-32(39)34-27-15-11-24(12-16-27)25-13-17-29(18-14-25)40-22-28-20-26(21-30(36)37)31(38)35(28)19-7-10-23-8-5-4-6-9-23/h4-6,8-9,13-14,17-18,24,26-28H,7,10-12,15-16,19-22H2,1-3H3,(H,34,39)(H,36,37)/t24?,26-,27?,28-/m0/s1. The maximum atomic E-state index is 13.0. The minimum Gasteiger partial charge on any atom is -0.491 e. The van der Waals surface area contributed by atoms with Crippen LogP contribution in [0.4, 0.5) is 4.79 Å².